The minimum absolute atomic E-state index is 0. The SMILES string of the molecule is Cl.c1ccc(CNCC2CCNN2)cc1. The number of benzene rings is 1. The third-order valence-electron chi connectivity index (χ3n) is 2.49. The quantitative estimate of drug-likeness (QED) is 0.720. The van der Waals surface area contributed by atoms with E-state index in [2.05, 4.69) is 40.4 Å². The number of rotatable bonds is 4. The Kier molecular flexibility index (Phi) is 5.65. The summed E-state index contributed by atoms with van der Waals surface area (Å²) in [6, 6.07) is 11.1. The van der Waals surface area contributed by atoms with Crippen molar-refractivity contribution in [1.82, 2.24) is 16.2 Å². The smallest absolute Gasteiger partial charge is 0.0350 e. The third-order valence-corrected chi connectivity index (χ3v) is 2.49. The van der Waals surface area contributed by atoms with Crippen molar-refractivity contribution in [2.45, 2.75) is 19.0 Å². The van der Waals surface area contributed by atoms with E-state index in [4.69, 9.17) is 0 Å². The van der Waals surface area contributed by atoms with Crippen molar-refractivity contribution in [3.63, 3.8) is 0 Å². The summed E-state index contributed by atoms with van der Waals surface area (Å²) in [6.07, 6.45) is 1.21. The van der Waals surface area contributed by atoms with Crippen LogP contribution >= 0.6 is 12.4 Å². The standard InChI is InChI=1S/C11H17N3.ClH/c1-2-4-10(5-3-1)8-12-9-11-6-7-13-14-11;/h1-5,11-14H,6-9H2;1H. The van der Waals surface area contributed by atoms with Crippen molar-refractivity contribution in [2.24, 2.45) is 0 Å². The van der Waals surface area contributed by atoms with Crippen LogP contribution in [0.3, 0.4) is 0 Å². The monoisotopic (exact) mass is 227 g/mol. The van der Waals surface area contributed by atoms with Crippen LogP contribution in [0.2, 0.25) is 0 Å². The average molecular weight is 228 g/mol. The van der Waals surface area contributed by atoms with E-state index in [1.54, 1.807) is 0 Å². The second-order valence-corrected chi connectivity index (χ2v) is 3.67. The average Bonchev–Trinajstić information content (AvgIpc) is 2.72. The van der Waals surface area contributed by atoms with E-state index < -0.39 is 0 Å². The molecule has 1 heterocycles. The Balaban J connectivity index is 0.00000112. The maximum Gasteiger partial charge on any atom is 0.0350 e. The second kappa shape index (κ2) is 6.80. The van der Waals surface area contributed by atoms with Gasteiger partial charge in [0.1, 0.15) is 0 Å². The fourth-order valence-electron chi connectivity index (χ4n) is 1.67. The van der Waals surface area contributed by atoms with Crippen LogP contribution < -0.4 is 16.2 Å². The summed E-state index contributed by atoms with van der Waals surface area (Å²) in [6.45, 7) is 3.07. The molecule has 1 fully saturated rings. The summed E-state index contributed by atoms with van der Waals surface area (Å²) >= 11 is 0. The lowest BCUT2D eigenvalue weighted by atomic mass is 10.2. The molecule has 0 aromatic heterocycles. The van der Waals surface area contributed by atoms with E-state index in [0.717, 1.165) is 19.6 Å². The molecular weight excluding hydrogens is 210 g/mol. The van der Waals surface area contributed by atoms with Gasteiger partial charge in [-0.05, 0) is 12.0 Å². The molecule has 0 spiro atoms. The largest absolute Gasteiger partial charge is 0.311 e. The second-order valence-electron chi connectivity index (χ2n) is 3.67. The van der Waals surface area contributed by atoms with Gasteiger partial charge in [-0.2, -0.15) is 0 Å². The molecule has 15 heavy (non-hydrogen) atoms. The Morgan fingerprint density at radius 3 is 2.73 bits per heavy atom. The van der Waals surface area contributed by atoms with E-state index >= 15 is 0 Å². The fraction of sp³-hybridized carbons (Fsp3) is 0.455. The molecule has 1 aromatic rings. The predicted octanol–water partition coefficient (Wildman–Crippen LogP) is 1.06. The van der Waals surface area contributed by atoms with E-state index in [9.17, 15) is 0 Å². The molecule has 0 bridgehead atoms. The van der Waals surface area contributed by atoms with Gasteiger partial charge in [0, 0.05) is 25.7 Å². The molecule has 1 unspecified atom stereocenters. The minimum Gasteiger partial charge on any atom is -0.311 e. The summed E-state index contributed by atoms with van der Waals surface area (Å²) < 4.78 is 0. The summed E-state index contributed by atoms with van der Waals surface area (Å²) in [7, 11) is 0. The highest BCUT2D eigenvalue weighted by Gasteiger charge is 2.11. The van der Waals surface area contributed by atoms with Crippen LogP contribution in [-0.2, 0) is 6.54 Å². The molecule has 1 aliphatic rings. The van der Waals surface area contributed by atoms with E-state index in [1.165, 1.54) is 12.0 Å². The molecule has 0 aliphatic carbocycles. The Morgan fingerprint density at radius 1 is 1.27 bits per heavy atom. The molecule has 84 valence electrons. The molecular formula is C11H18ClN3. The van der Waals surface area contributed by atoms with Gasteiger partial charge in [0.15, 0.2) is 0 Å². The number of halogens is 1. The van der Waals surface area contributed by atoms with Gasteiger partial charge in [0.2, 0.25) is 0 Å². The Hall–Kier alpha value is -0.610. The molecule has 1 saturated heterocycles. The molecule has 1 atom stereocenters. The van der Waals surface area contributed by atoms with Crippen LogP contribution in [0.15, 0.2) is 30.3 Å². The minimum atomic E-state index is 0. The third kappa shape index (κ3) is 4.18. The number of hydrazine groups is 1. The molecule has 0 saturated carbocycles. The van der Waals surface area contributed by atoms with Gasteiger partial charge in [-0.1, -0.05) is 30.3 Å². The zero-order valence-electron chi connectivity index (χ0n) is 8.70. The van der Waals surface area contributed by atoms with Crippen LogP contribution in [0, 0.1) is 0 Å². The van der Waals surface area contributed by atoms with Gasteiger partial charge < -0.3 is 5.32 Å². The van der Waals surface area contributed by atoms with Crippen LogP contribution in [0.4, 0.5) is 0 Å². The first kappa shape index (κ1) is 12.5. The lowest BCUT2D eigenvalue weighted by Gasteiger charge is -2.10. The first-order valence-electron chi connectivity index (χ1n) is 5.18. The Morgan fingerprint density at radius 2 is 2.07 bits per heavy atom. The highest BCUT2D eigenvalue weighted by molar-refractivity contribution is 5.85. The van der Waals surface area contributed by atoms with Gasteiger partial charge in [-0.25, -0.2) is 0 Å². The Labute approximate surface area is 97.0 Å². The lowest BCUT2D eigenvalue weighted by Crippen LogP contribution is -2.37. The van der Waals surface area contributed by atoms with Crippen molar-refractivity contribution >= 4 is 12.4 Å². The van der Waals surface area contributed by atoms with Crippen molar-refractivity contribution in [2.75, 3.05) is 13.1 Å². The summed E-state index contributed by atoms with van der Waals surface area (Å²) in [5, 5.41) is 3.44. The summed E-state index contributed by atoms with van der Waals surface area (Å²) in [4.78, 5) is 0. The number of hydrogen-bond donors (Lipinski definition) is 3. The number of hydrogen-bond acceptors (Lipinski definition) is 3. The van der Waals surface area contributed by atoms with Gasteiger partial charge in [0.05, 0.1) is 0 Å². The van der Waals surface area contributed by atoms with Crippen LogP contribution in [0.1, 0.15) is 12.0 Å². The highest BCUT2D eigenvalue weighted by atomic mass is 35.5. The molecule has 1 aliphatic heterocycles. The first-order valence-corrected chi connectivity index (χ1v) is 5.18. The summed E-state index contributed by atoms with van der Waals surface area (Å²) in [5.74, 6) is 0. The van der Waals surface area contributed by atoms with Crippen molar-refractivity contribution in [1.29, 1.82) is 0 Å². The zero-order valence-corrected chi connectivity index (χ0v) is 9.52. The topological polar surface area (TPSA) is 36.1 Å². The van der Waals surface area contributed by atoms with Gasteiger partial charge in [-0.15, -0.1) is 12.4 Å². The summed E-state index contributed by atoms with van der Waals surface area (Å²) in [5.41, 5.74) is 7.71. The normalized spacial score (nSPS) is 19.9. The van der Waals surface area contributed by atoms with Crippen molar-refractivity contribution < 1.29 is 0 Å². The first-order chi connectivity index (χ1) is 6.95. The van der Waals surface area contributed by atoms with Crippen LogP contribution in [0.25, 0.3) is 0 Å². The molecule has 0 amide bonds. The van der Waals surface area contributed by atoms with Gasteiger partial charge in [-0.3, -0.25) is 10.9 Å². The van der Waals surface area contributed by atoms with Crippen molar-refractivity contribution in [3.05, 3.63) is 35.9 Å². The molecule has 3 N–H and O–H groups in total. The highest BCUT2D eigenvalue weighted by Crippen LogP contribution is 1.98. The van der Waals surface area contributed by atoms with Gasteiger partial charge >= 0.3 is 0 Å². The zero-order chi connectivity index (χ0) is 9.64. The lowest BCUT2D eigenvalue weighted by molar-refractivity contribution is 0.507. The van der Waals surface area contributed by atoms with E-state index in [-0.39, 0.29) is 12.4 Å². The van der Waals surface area contributed by atoms with E-state index in [1.807, 2.05) is 6.07 Å². The maximum atomic E-state index is 3.44. The fourth-order valence-corrected chi connectivity index (χ4v) is 1.67. The van der Waals surface area contributed by atoms with Gasteiger partial charge in [0.25, 0.3) is 0 Å². The molecule has 3 nitrogen and oxygen atoms in total. The van der Waals surface area contributed by atoms with Crippen LogP contribution in [0.5, 0.6) is 0 Å². The van der Waals surface area contributed by atoms with E-state index in [0.29, 0.717) is 6.04 Å². The van der Waals surface area contributed by atoms with Crippen LogP contribution in [-0.4, -0.2) is 19.1 Å². The molecule has 0 radical (unpaired) electrons. The predicted molar refractivity (Wildman–Crippen MR) is 64.9 cm³/mol. The number of nitrogens with one attached hydrogen (secondary N) is 3. The molecule has 2 rings (SSSR count). The molecule has 1 aromatic carbocycles. The Bertz CT molecular complexity index is 260. The maximum absolute atomic E-state index is 3.44. The van der Waals surface area contributed by atoms with Crippen molar-refractivity contribution in [3.8, 4) is 0 Å². The molecule has 4 heteroatoms.